The van der Waals surface area contributed by atoms with Crippen molar-refractivity contribution in [2.24, 2.45) is 7.05 Å². The fourth-order valence-electron chi connectivity index (χ4n) is 3.20. The Hall–Kier alpha value is -3.43. The fraction of sp³-hybridized carbons (Fsp3) is 0.389. The van der Waals surface area contributed by atoms with E-state index in [0.29, 0.717) is 49.3 Å². The minimum Gasteiger partial charge on any atom is -0.479 e. The van der Waals surface area contributed by atoms with Crippen molar-refractivity contribution in [3.63, 3.8) is 0 Å². The molecule has 0 radical (unpaired) electrons. The van der Waals surface area contributed by atoms with E-state index < -0.39 is 0 Å². The van der Waals surface area contributed by atoms with E-state index in [9.17, 15) is 4.79 Å². The summed E-state index contributed by atoms with van der Waals surface area (Å²) < 4.78 is 11.8. The van der Waals surface area contributed by atoms with Crippen LogP contribution in [0.15, 0.2) is 29.0 Å². The first-order valence-electron chi connectivity index (χ1n) is 8.93. The van der Waals surface area contributed by atoms with Crippen molar-refractivity contribution in [1.29, 1.82) is 0 Å². The number of pyridine rings is 1. The number of amides is 1. The molecule has 0 atom stereocenters. The highest BCUT2D eigenvalue weighted by Gasteiger charge is 2.26. The minimum absolute atomic E-state index is 0.0691. The molecule has 146 valence electrons. The number of anilines is 1. The predicted molar refractivity (Wildman–Crippen MR) is 100 cm³/mol. The normalized spacial score (nSPS) is 14.4. The average Bonchev–Trinajstić information content (AvgIpc) is 3.33. The Morgan fingerprint density at radius 3 is 2.61 bits per heavy atom. The summed E-state index contributed by atoms with van der Waals surface area (Å²) in [5, 5.41) is 8.05. The summed E-state index contributed by atoms with van der Waals surface area (Å²) in [6.45, 7) is 4.35. The van der Waals surface area contributed by atoms with Crippen LogP contribution < -0.4 is 9.64 Å². The van der Waals surface area contributed by atoms with E-state index in [1.807, 2.05) is 17.0 Å². The molecule has 10 heteroatoms. The van der Waals surface area contributed by atoms with Crippen molar-refractivity contribution >= 4 is 11.7 Å². The second-order valence-corrected chi connectivity index (χ2v) is 6.55. The molecule has 0 aliphatic carbocycles. The molecule has 10 nitrogen and oxygen atoms in total. The molecule has 3 aromatic heterocycles. The van der Waals surface area contributed by atoms with Gasteiger partial charge in [0.05, 0.1) is 7.11 Å². The molecule has 0 spiro atoms. The third-order valence-electron chi connectivity index (χ3n) is 4.64. The highest BCUT2D eigenvalue weighted by Crippen LogP contribution is 2.21. The van der Waals surface area contributed by atoms with Crippen LogP contribution in [0.4, 0.5) is 5.82 Å². The van der Waals surface area contributed by atoms with Crippen LogP contribution in [-0.2, 0) is 7.05 Å². The van der Waals surface area contributed by atoms with Gasteiger partial charge in [-0.25, -0.2) is 4.98 Å². The predicted octanol–water partition coefficient (Wildman–Crippen LogP) is 1.14. The van der Waals surface area contributed by atoms with Crippen LogP contribution in [-0.4, -0.2) is 69.0 Å². The summed E-state index contributed by atoms with van der Waals surface area (Å²) in [4.78, 5) is 25.5. The van der Waals surface area contributed by atoms with E-state index in [-0.39, 0.29) is 5.91 Å². The first kappa shape index (κ1) is 18.0. The van der Waals surface area contributed by atoms with Gasteiger partial charge in [-0.2, -0.15) is 4.98 Å². The number of nitrogens with zero attached hydrogens (tertiary/aromatic N) is 7. The van der Waals surface area contributed by atoms with Gasteiger partial charge in [-0.15, -0.1) is 5.10 Å². The molecule has 3 aromatic rings. The zero-order valence-corrected chi connectivity index (χ0v) is 16.0. The molecule has 1 aliphatic rings. The molecule has 0 bridgehead atoms. The molecule has 0 saturated carbocycles. The highest BCUT2D eigenvalue weighted by molar-refractivity contribution is 5.96. The van der Waals surface area contributed by atoms with E-state index in [1.54, 1.807) is 31.0 Å². The smallest absolute Gasteiger partial charge is 0.261 e. The number of aryl methyl sites for hydroxylation is 2. The first-order chi connectivity index (χ1) is 13.5. The Labute approximate surface area is 161 Å². The molecule has 1 saturated heterocycles. The maximum Gasteiger partial charge on any atom is 0.261 e. The van der Waals surface area contributed by atoms with Crippen molar-refractivity contribution in [3.8, 4) is 17.3 Å². The maximum atomic E-state index is 12.8. The van der Waals surface area contributed by atoms with Gasteiger partial charge in [-0.3, -0.25) is 9.48 Å². The van der Waals surface area contributed by atoms with E-state index in [0.717, 1.165) is 11.4 Å². The van der Waals surface area contributed by atoms with Gasteiger partial charge in [0.25, 0.3) is 5.91 Å². The summed E-state index contributed by atoms with van der Waals surface area (Å²) >= 11 is 0. The quantitative estimate of drug-likeness (QED) is 0.661. The lowest BCUT2D eigenvalue weighted by atomic mass is 10.2. The summed E-state index contributed by atoms with van der Waals surface area (Å²) in [6.07, 6.45) is 3.42. The molecule has 4 heterocycles. The second-order valence-electron chi connectivity index (χ2n) is 6.55. The molecule has 0 N–H and O–H groups in total. The third kappa shape index (κ3) is 3.40. The van der Waals surface area contributed by atoms with E-state index in [1.165, 1.54) is 7.11 Å². The fourth-order valence-corrected chi connectivity index (χ4v) is 3.20. The molecule has 0 unspecified atom stereocenters. The molecule has 0 aromatic carbocycles. The standard InChI is InChI=1S/C18H21N7O3/c1-12-20-16(22-28-12)13-4-5-15(19-10-13)24-6-8-25(9-7-24)18(26)14-11-23(2)21-17(14)27-3/h4-5,10-11H,6-9H2,1-3H3. The van der Waals surface area contributed by atoms with Gasteiger partial charge in [0, 0.05) is 58.1 Å². The summed E-state index contributed by atoms with van der Waals surface area (Å²) in [7, 11) is 3.28. The van der Waals surface area contributed by atoms with Gasteiger partial charge in [-0.05, 0) is 12.1 Å². The summed E-state index contributed by atoms with van der Waals surface area (Å²) in [5.74, 6) is 2.18. The summed E-state index contributed by atoms with van der Waals surface area (Å²) in [6, 6.07) is 3.85. The number of carbonyl (C=O) groups excluding carboxylic acids is 1. The molecular weight excluding hydrogens is 362 g/mol. The lowest BCUT2D eigenvalue weighted by Gasteiger charge is -2.35. The Balaban J connectivity index is 1.40. The maximum absolute atomic E-state index is 12.8. The monoisotopic (exact) mass is 383 g/mol. The Morgan fingerprint density at radius 1 is 1.21 bits per heavy atom. The van der Waals surface area contributed by atoms with Crippen molar-refractivity contribution < 1.29 is 14.1 Å². The van der Waals surface area contributed by atoms with Crippen LogP contribution in [0.5, 0.6) is 5.88 Å². The molecular formula is C18H21N7O3. The number of rotatable bonds is 4. The van der Waals surface area contributed by atoms with E-state index >= 15 is 0 Å². The lowest BCUT2D eigenvalue weighted by molar-refractivity contribution is 0.0743. The van der Waals surface area contributed by atoms with Crippen LogP contribution in [0, 0.1) is 6.92 Å². The van der Waals surface area contributed by atoms with Gasteiger partial charge in [0.2, 0.25) is 17.6 Å². The largest absolute Gasteiger partial charge is 0.479 e. The SMILES string of the molecule is COc1nn(C)cc1C(=O)N1CCN(c2ccc(-c3noc(C)n3)cn2)CC1. The number of hydrogen-bond acceptors (Lipinski definition) is 8. The van der Waals surface area contributed by atoms with Crippen molar-refractivity contribution in [1.82, 2.24) is 29.8 Å². The number of methoxy groups -OCH3 is 1. The molecule has 1 aliphatic heterocycles. The second kappa shape index (κ2) is 7.29. The van der Waals surface area contributed by atoms with E-state index in [2.05, 4.69) is 25.1 Å². The molecule has 1 amide bonds. The molecule has 4 rings (SSSR count). The van der Waals surface area contributed by atoms with Gasteiger partial charge < -0.3 is 19.1 Å². The number of aromatic nitrogens is 5. The van der Waals surface area contributed by atoms with Crippen LogP contribution in [0.1, 0.15) is 16.2 Å². The Kier molecular flexibility index (Phi) is 4.68. The van der Waals surface area contributed by atoms with Crippen LogP contribution in [0.2, 0.25) is 0 Å². The highest BCUT2D eigenvalue weighted by atomic mass is 16.5. The van der Waals surface area contributed by atoms with E-state index in [4.69, 9.17) is 9.26 Å². The van der Waals surface area contributed by atoms with Crippen LogP contribution >= 0.6 is 0 Å². The van der Waals surface area contributed by atoms with Gasteiger partial charge >= 0.3 is 0 Å². The zero-order valence-electron chi connectivity index (χ0n) is 16.0. The average molecular weight is 383 g/mol. The lowest BCUT2D eigenvalue weighted by Crippen LogP contribution is -2.49. The topological polar surface area (TPSA) is 102 Å². The van der Waals surface area contributed by atoms with Crippen molar-refractivity contribution in [2.45, 2.75) is 6.92 Å². The van der Waals surface area contributed by atoms with Gasteiger partial charge in [-0.1, -0.05) is 5.16 Å². The minimum atomic E-state index is -0.0691. The Bertz CT molecular complexity index is 971. The Morgan fingerprint density at radius 2 is 2.00 bits per heavy atom. The summed E-state index contributed by atoms with van der Waals surface area (Å²) in [5.41, 5.74) is 1.29. The van der Waals surface area contributed by atoms with Gasteiger partial charge in [0.1, 0.15) is 11.4 Å². The number of ether oxygens (including phenoxy) is 1. The zero-order chi connectivity index (χ0) is 19.7. The van der Waals surface area contributed by atoms with Crippen molar-refractivity contribution in [2.75, 3.05) is 38.2 Å². The van der Waals surface area contributed by atoms with Gasteiger partial charge in [0.15, 0.2) is 0 Å². The first-order valence-corrected chi connectivity index (χ1v) is 8.93. The number of carbonyl (C=O) groups is 1. The van der Waals surface area contributed by atoms with Crippen molar-refractivity contribution in [3.05, 3.63) is 36.0 Å². The van der Waals surface area contributed by atoms with Crippen LogP contribution in [0.25, 0.3) is 11.4 Å². The third-order valence-corrected chi connectivity index (χ3v) is 4.64. The number of hydrogen-bond donors (Lipinski definition) is 0. The molecule has 28 heavy (non-hydrogen) atoms. The number of piperazine rings is 1. The molecule has 1 fully saturated rings. The van der Waals surface area contributed by atoms with Crippen LogP contribution in [0.3, 0.4) is 0 Å².